The number of carbonyl (C=O) groups excluding carboxylic acids is 1. The van der Waals surface area contributed by atoms with Crippen LogP contribution in [-0.4, -0.2) is 65.0 Å². The highest BCUT2D eigenvalue weighted by molar-refractivity contribution is 7.89. The van der Waals surface area contributed by atoms with E-state index in [-0.39, 0.29) is 17.3 Å². The van der Waals surface area contributed by atoms with E-state index >= 15 is 0 Å². The number of hydrogen-bond acceptors (Lipinski definition) is 7. The van der Waals surface area contributed by atoms with Crippen LogP contribution in [0.5, 0.6) is 0 Å². The van der Waals surface area contributed by atoms with Crippen molar-refractivity contribution in [2.24, 2.45) is 0 Å². The summed E-state index contributed by atoms with van der Waals surface area (Å²) in [5.41, 5.74) is 1.92. The van der Waals surface area contributed by atoms with E-state index in [1.165, 1.54) is 4.31 Å². The van der Waals surface area contributed by atoms with Gasteiger partial charge in [0.1, 0.15) is 15.9 Å². The maximum Gasteiger partial charge on any atom is 0.245 e. The zero-order valence-electron chi connectivity index (χ0n) is 16.0. The SMILES string of the molecule is O=C(CN1CCN(S(=O)(=O)c2cccc3nsnc23)CC1)NCc1cccc(Cl)c1. The third-order valence-electron chi connectivity index (χ3n) is 4.94. The lowest BCUT2D eigenvalue weighted by molar-refractivity contribution is -0.122. The minimum Gasteiger partial charge on any atom is -0.351 e. The fourth-order valence-corrected chi connectivity index (χ4v) is 5.75. The van der Waals surface area contributed by atoms with Crippen molar-refractivity contribution in [1.29, 1.82) is 0 Å². The summed E-state index contributed by atoms with van der Waals surface area (Å²) in [6.07, 6.45) is 0. The van der Waals surface area contributed by atoms with Crippen LogP contribution in [0.1, 0.15) is 5.56 Å². The molecule has 30 heavy (non-hydrogen) atoms. The third-order valence-corrected chi connectivity index (χ3v) is 7.65. The number of hydrogen-bond donors (Lipinski definition) is 1. The molecule has 0 bridgehead atoms. The Morgan fingerprint density at radius 1 is 1.10 bits per heavy atom. The Kier molecular flexibility index (Phi) is 6.30. The summed E-state index contributed by atoms with van der Waals surface area (Å²) in [7, 11) is -3.66. The second kappa shape index (κ2) is 8.94. The molecule has 2 aromatic carbocycles. The Bertz CT molecular complexity index is 1160. The first-order valence-electron chi connectivity index (χ1n) is 9.38. The van der Waals surface area contributed by atoms with Gasteiger partial charge < -0.3 is 5.32 Å². The molecule has 1 aliphatic heterocycles. The fraction of sp³-hybridized carbons (Fsp3) is 0.316. The number of rotatable bonds is 6. The Labute approximate surface area is 183 Å². The molecule has 1 fully saturated rings. The van der Waals surface area contributed by atoms with Crippen molar-refractivity contribution in [2.75, 3.05) is 32.7 Å². The lowest BCUT2D eigenvalue weighted by Gasteiger charge is -2.33. The predicted octanol–water partition coefficient (Wildman–Crippen LogP) is 1.97. The Morgan fingerprint density at radius 3 is 2.63 bits per heavy atom. The molecule has 0 spiro atoms. The zero-order valence-corrected chi connectivity index (χ0v) is 18.4. The number of sulfonamides is 1. The van der Waals surface area contributed by atoms with Gasteiger partial charge >= 0.3 is 0 Å². The van der Waals surface area contributed by atoms with E-state index in [1.807, 2.05) is 23.1 Å². The van der Waals surface area contributed by atoms with Gasteiger partial charge in [-0.1, -0.05) is 29.8 Å². The van der Waals surface area contributed by atoms with E-state index in [0.29, 0.717) is 48.8 Å². The molecule has 1 amide bonds. The molecule has 1 saturated heterocycles. The summed E-state index contributed by atoms with van der Waals surface area (Å²) in [5.74, 6) is -0.107. The van der Waals surface area contributed by atoms with Gasteiger partial charge in [0.05, 0.1) is 18.3 Å². The van der Waals surface area contributed by atoms with Crippen LogP contribution in [-0.2, 0) is 21.4 Å². The maximum absolute atomic E-state index is 13.1. The van der Waals surface area contributed by atoms with E-state index in [4.69, 9.17) is 11.6 Å². The summed E-state index contributed by atoms with van der Waals surface area (Å²) in [5, 5.41) is 3.50. The average molecular weight is 466 g/mol. The number of nitrogens with zero attached hydrogens (tertiary/aromatic N) is 4. The number of amides is 1. The molecule has 1 aliphatic rings. The summed E-state index contributed by atoms with van der Waals surface area (Å²) in [6.45, 7) is 2.22. The summed E-state index contributed by atoms with van der Waals surface area (Å²) in [6, 6.07) is 12.3. The summed E-state index contributed by atoms with van der Waals surface area (Å²) in [4.78, 5) is 14.4. The number of fused-ring (bicyclic) bond motifs is 1. The molecule has 11 heteroatoms. The van der Waals surface area contributed by atoms with Crippen molar-refractivity contribution < 1.29 is 13.2 Å². The smallest absolute Gasteiger partial charge is 0.245 e. The molecule has 1 N–H and O–H groups in total. The van der Waals surface area contributed by atoms with Crippen LogP contribution in [0.25, 0.3) is 11.0 Å². The molecule has 2 heterocycles. The van der Waals surface area contributed by atoms with Crippen LogP contribution < -0.4 is 5.32 Å². The molecular formula is C19H20ClN5O3S2. The first-order valence-corrected chi connectivity index (χ1v) is 11.9. The normalized spacial score (nSPS) is 16.0. The van der Waals surface area contributed by atoms with Gasteiger partial charge in [-0.05, 0) is 29.8 Å². The van der Waals surface area contributed by atoms with E-state index in [1.54, 1.807) is 24.3 Å². The molecule has 0 radical (unpaired) electrons. The number of benzene rings is 2. The van der Waals surface area contributed by atoms with Crippen LogP contribution in [0, 0.1) is 0 Å². The highest BCUT2D eigenvalue weighted by Gasteiger charge is 2.31. The summed E-state index contributed by atoms with van der Waals surface area (Å²) < 4.78 is 35.8. The van der Waals surface area contributed by atoms with Gasteiger partial charge in [-0.15, -0.1) is 0 Å². The quantitative estimate of drug-likeness (QED) is 0.598. The van der Waals surface area contributed by atoms with Gasteiger partial charge in [0.25, 0.3) is 0 Å². The molecule has 0 unspecified atom stereocenters. The molecule has 4 rings (SSSR count). The third kappa shape index (κ3) is 4.62. The standard InChI is InChI=1S/C19H20ClN5O3S2/c20-15-4-1-3-14(11-15)12-21-18(26)13-24-7-9-25(10-8-24)30(27,28)17-6-2-5-16-19(17)23-29-22-16/h1-6,11H,7-10,12-13H2,(H,21,26). The fourth-order valence-electron chi connectivity index (χ4n) is 3.36. The predicted molar refractivity (Wildman–Crippen MR) is 116 cm³/mol. The molecule has 0 aliphatic carbocycles. The number of aromatic nitrogens is 2. The Morgan fingerprint density at radius 2 is 1.87 bits per heavy atom. The molecule has 8 nitrogen and oxygen atoms in total. The van der Waals surface area contributed by atoms with Gasteiger partial charge in [0.15, 0.2) is 0 Å². The van der Waals surface area contributed by atoms with E-state index in [9.17, 15) is 13.2 Å². The van der Waals surface area contributed by atoms with Crippen molar-refractivity contribution in [3.63, 3.8) is 0 Å². The van der Waals surface area contributed by atoms with Crippen LogP contribution in [0.15, 0.2) is 47.4 Å². The molecule has 0 saturated carbocycles. The monoisotopic (exact) mass is 465 g/mol. The van der Waals surface area contributed by atoms with Crippen molar-refractivity contribution in [3.8, 4) is 0 Å². The largest absolute Gasteiger partial charge is 0.351 e. The lowest BCUT2D eigenvalue weighted by atomic mass is 10.2. The van der Waals surface area contributed by atoms with Crippen molar-refractivity contribution in [2.45, 2.75) is 11.4 Å². The van der Waals surface area contributed by atoms with Crippen LogP contribution >= 0.6 is 23.3 Å². The van der Waals surface area contributed by atoms with Crippen molar-refractivity contribution >= 4 is 50.3 Å². The second-order valence-corrected chi connectivity index (χ2v) is 9.85. The average Bonchev–Trinajstić information content (AvgIpc) is 3.21. The first kappa shape index (κ1) is 21.1. The molecule has 1 aromatic heterocycles. The van der Waals surface area contributed by atoms with E-state index in [0.717, 1.165) is 17.3 Å². The van der Waals surface area contributed by atoms with Gasteiger partial charge in [-0.25, -0.2) is 8.42 Å². The number of carbonyl (C=O) groups is 1. The number of nitrogens with one attached hydrogen (secondary N) is 1. The highest BCUT2D eigenvalue weighted by atomic mass is 35.5. The van der Waals surface area contributed by atoms with E-state index < -0.39 is 10.0 Å². The number of piperazine rings is 1. The molecular weight excluding hydrogens is 446 g/mol. The molecule has 158 valence electrons. The summed E-state index contributed by atoms with van der Waals surface area (Å²) >= 11 is 6.95. The van der Waals surface area contributed by atoms with Gasteiger partial charge in [0.2, 0.25) is 15.9 Å². The minimum absolute atomic E-state index is 0.107. The topological polar surface area (TPSA) is 95.5 Å². The molecule has 3 aromatic rings. The first-order chi connectivity index (χ1) is 14.4. The lowest BCUT2D eigenvalue weighted by Crippen LogP contribution is -2.51. The molecule has 0 atom stereocenters. The number of halogens is 1. The van der Waals surface area contributed by atoms with Crippen molar-refractivity contribution in [1.82, 2.24) is 23.3 Å². The van der Waals surface area contributed by atoms with Crippen molar-refractivity contribution in [3.05, 3.63) is 53.1 Å². The van der Waals surface area contributed by atoms with Gasteiger partial charge in [-0.2, -0.15) is 13.1 Å². The Balaban J connectivity index is 1.32. The van der Waals surface area contributed by atoms with Crippen LogP contribution in [0.4, 0.5) is 0 Å². The van der Waals surface area contributed by atoms with Crippen LogP contribution in [0.3, 0.4) is 0 Å². The van der Waals surface area contributed by atoms with Gasteiger partial charge in [0, 0.05) is 37.7 Å². The second-order valence-electron chi connectivity index (χ2n) is 6.97. The maximum atomic E-state index is 13.1. The highest BCUT2D eigenvalue weighted by Crippen LogP contribution is 2.25. The van der Waals surface area contributed by atoms with Crippen LogP contribution in [0.2, 0.25) is 5.02 Å². The zero-order chi connectivity index (χ0) is 21.1. The minimum atomic E-state index is -3.66. The van der Waals surface area contributed by atoms with Gasteiger partial charge in [-0.3, -0.25) is 9.69 Å². The Hall–Kier alpha value is -2.11. The van der Waals surface area contributed by atoms with E-state index in [2.05, 4.69) is 14.1 Å².